The van der Waals surface area contributed by atoms with Gasteiger partial charge in [0.15, 0.2) is 0 Å². The highest BCUT2D eigenvalue weighted by Crippen LogP contribution is 2.09. The van der Waals surface area contributed by atoms with E-state index in [4.69, 9.17) is 4.74 Å². The lowest BCUT2D eigenvalue weighted by atomic mass is 10.4. The Bertz CT molecular complexity index is 215. The second kappa shape index (κ2) is 5.47. The van der Waals surface area contributed by atoms with Crippen LogP contribution in [0.2, 0.25) is 0 Å². The highest BCUT2D eigenvalue weighted by atomic mass is 16.5. The minimum atomic E-state index is 0.246. The van der Waals surface area contributed by atoms with Gasteiger partial charge in [0, 0.05) is 19.5 Å². The van der Waals surface area contributed by atoms with Gasteiger partial charge in [0.05, 0.1) is 6.61 Å². The van der Waals surface area contributed by atoms with Crippen molar-refractivity contribution in [3.05, 3.63) is 0 Å². The van der Waals surface area contributed by atoms with Gasteiger partial charge in [-0.15, -0.1) is 0 Å². The van der Waals surface area contributed by atoms with Gasteiger partial charge >= 0.3 is 0 Å². The maximum atomic E-state index is 11.3. The molecule has 0 aliphatic carbocycles. The molecular formula is C11H20N2O2. The highest BCUT2D eigenvalue weighted by molar-refractivity contribution is 5.77. The Labute approximate surface area is 91.2 Å². The van der Waals surface area contributed by atoms with Crippen molar-refractivity contribution >= 4 is 5.91 Å². The van der Waals surface area contributed by atoms with E-state index in [1.54, 1.807) is 0 Å². The molecule has 4 nitrogen and oxygen atoms in total. The third kappa shape index (κ3) is 3.18. The first-order valence-electron chi connectivity index (χ1n) is 5.94. The van der Waals surface area contributed by atoms with E-state index in [0.717, 1.165) is 26.1 Å². The van der Waals surface area contributed by atoms with Gasteiger partial charge in [0.2, 0.25) is 5.91 Å². The summed E-state index contributed by atoms with van der Waals surface area (Å²) in [7, 11) is 0. The van der Waals surface area contributed by atoms with Crippen LogP contribution in [0.1, 0.15) is 25.7 Å². The van der Waals surface area contributed by atoms with Gasteiger partial charge in [0.25, 0.3) is 0 Å². The molecule has 0 atom stereocenters. The van der Waals surface area contributed by atoms with Crippen LogP contribution in [0.3, 0.4) is 0 Å². The molecular weight excluding hydrogens is 192 g/mol. The topological polar surface area (TPSA) is 32.8 Å². The summed E-state index contributed by atoms with van der Waals surface area (Å²) >= 11 is 0. The van der Waals surface area contributed by atoms with E-state index in [-0.39, 0.29) is 5.91 Å². The van der Waals surface area contributed by atoms with Crippen LogP contribution < -0.4 is 0 Å². The molecule has 4 heteroatoms. The smallest absolute Gasteiger partial charge is 0.224 e. The number of hydrogen-bond acceptors (Lipinski definition) is 3. The number of hydrogen-bond donors (Lipinski definition) is 0. The summed E-state index contributed by atoms with van der Waals surface area (Å²) in [5.41, 5.74) is 0. The Morgan fingerprint density at radius 1 is 1.13 bits per heavy atom. The first kappa shape index (κ1) is 10.9. The molecule has 0 unspecified atom stereocenters. The average Bonchev–Trinajstić information content (AvgIpc) is 2.85. The van der Waals surface area contributed by atoms with E-state index in [2.05, 4.69) is 4.90 Å². The van der Waals surface area contributed by atoms with E-state index in [9.17, 15) is 4.79 Å². The normalized spacial score (nSPS) is 22.9. The van der Waals surface area contributed by atoms with Crippen LogP contribution in [0.25, 0.3) is 0 Å². The predicted molar refractivity (Wildman–Crippen MR) is 57.4 cm³/mol. The molecule has 15 heavy (non-hydrogen) atoms. The van der Waals surface area contributed by atoms with Gasteiger partial charge in [-0.1, -0.05) is 0 Å². The van der Waals surface area contributed by atoms with E-state index >= 15 is 0 Å². The highest BCUT2D eigenvalue weighted by Gasteiger charge is 2.19. The SMILES string of the molecule is O=C1CCCN1COCCN1CCCC1. The number of carbonyl (C=O) groups excluding carboxylic acids is 1. The van der Waals surface area contributed by atoms with Crippen LogP contribution in [0.5, 0.6) is 0 Å². The van der Waals surface area contributed by atoms with Crippen LogP contribution in [0.4, 0.5) is 0 Å². The monoisotopic (exact) mass is 212 g/mol. The summed E-state index contributed by atoms with van der Waals surface area (Å²) in [5, 5.41) is 0. The van der Waals surface area contributed by atoms with Crippen LogP contribution >= 0.6 is 0 Å². The molecule has 0 aromatic carbocycles. The predicted octanol–water partition coefficient (Wildman–Crippen LogP) is 0.679. The number of carbonyl (C=O) groups is 1. The van der Waals surface area contributed by atoms with Crippen LogP contribution in [-0.4, -0.2) is 55.2 Å². The van der Waals surface area contributed by atoms with Crippen molar-refractivity contribution in [1.29, 1.82) is 0 Å². The zero-order valence-corrected chi connectivity index (χ0v) is 9.28. The molecule has 2 heterocycles. The Kier molecular flexibility index (Phi) is 3.97. The number of ether oxygens (including phenoxy) is 1. The Hall–Kier alpha value is -0.610. The molecule has 2 saturated heterocycles. The molecule has 2 fully saturated rings. The van der Waals surface area contributed by atoms with Crippen molar-refractivity contribution in [3.63, 3.8) is 0 Å². The summed E-state index contributed by atoms with van der Waals surface area (Å²) < 4.78 is 5.51. The third-order valence-electron chi connectivity index (χ3n) is 3.17. The molecule has 86 valence electrons. The van der Waals surface area contributed by atoms with E-state index in [0.29, 0.717) is 13.2 Å². The van der Waals surface area contributed by atoms with Gasteiger partial charge in [0.1, 0.15) is 6.73 Å². The molecule has 0 spiro atoms. The van der Waals surface area contributed by atoms with Crippen molar-refractivity contribution in [2.75, 3.05) is 39.5 Å². The summed E-state index contributed by atoms with van der Waals surface area (Å²) in [6.07, 6.45) is 4.35. The standard InChI is InChI=1S/C11H20N2O2/c14-11-4-3-7-13(11)10-15-9-8-12-5-1-2-6-12/h1-10H2. The van der Waals surface area contributed by atoms with E-state index in [1.807, 2.05) is 4.90 Å². The quantitative estimate of drug-likeness (QED) is 0.628. The number of nitrogens with zero attached hydrogens (tertiary/aromatic N) is 2. The molecule has 2 aliphatic rings. The maximum absolute atomic E-state index is 11.3. The van der Waals surface area contributed by atoms with E-state index in [1.165, 1.54) is 25.9 Å². The number of amides is 1. The van der Waals surface area contributed by atoms with Crippen LogP contribution in [-0.2, 0) is 9.53 Å². The second-order valence-electron chi connectivity index (χ2n) is 4.35. The van der Waals surface area contributed by atoms with E-state index < -0.39 is 0 Å². The summed E-state index contributed by atoms with van der Waals surface area (Å²) in [5.74, 6) is 0.246. The number of rotatable bonds is 5. The van der Waals surface area contributed by atoms with Gasteiger partial charge < -0.3 is 14.5 Å². The van der Waals surface area contributed by atoms with Crippen molar-refractivity contribution in [1.82, 2.24) is 9.80 Å². The molecule has 0 aromatic heterocycles. The fourth-order valence-electron chi connectivity index (χ4n) is 2.22. The summed E-state index contributed by atoms with van der Waals surface area (Å²) in [4.78, 5) is 15.5. The Morgan fingerprint density at radius 3 is 2.60 bits per heavy atom. The lowest BCUT2D eigenvalue weighted by Gasteiger charge is -2.18. The largest absolute Gasteiger partial charge is 0.360 e. The first-order valence-corrected chi connectivity index (χ1v) is 5.94. The zero-order valence-electron chi connectivity index (χ0n) is 9.28. The molecule has 2 rings (SSSR count). The molecule has 0 N–H and O–H groups in total. The fourth-order valence-corrected chi connectivity index (χ4v) is 2.22. The third-order valence-corrected chi connectivity index (χ3v) is 3.17. The van der Waals surface area contributed by atoms with Crippen LogP contribution in [0, 0.1) is 0 Å². The summed E-state index contributed by atoms with van der Waals surface area (Å²) in [6, 6.07) is 0. The lowest BCUT2D eigenvalue weighted by Crippen LogP contribution is -2.30. The van der Waals surface area contributed by atoms with Gasteiger partial charge in [-0.2, -0.15) is 0 Å². The molecule has 0 radical (unpaired) electrons. The first-order chi connectivity index (χ1) is 7.36. The fraction of sp³-hybridized carbons (Fsp3) is 0.909. The average molecular weight is 212 g/mol. The van der Waals surface area contributed by atoms with Gasteiger partial charge in [-0.3, -0.25) is 4.79 Å². The molecule has 0 aromatic rings. The van der Waals surface area contributed by atoms with Gasteiger partial charge in [-0.25, -0.2) is 0 Å². The Morgan fingerprint density at radius 2 is 1.93 bits per heavy atom. The second-order valence-corrected chi connectivity index (χ2v) is 4.35. The maximum Gasteiger partial charge on any atom is 0.224 e. The van der Waals surface area contributed by atoms with Crippen molar-refractivity contribution in [2.24, 2.45) is 0 Å². The lowest BCUT2D eigenvalue weighted by molar-refractivity contribution is -0.132. The minimum absolute atomic E-state index is 0.246. The molecule has 0 saturated carbocycles. The molecule has 1 amide bonds. The zero-order chi connectivity index (χ0) is 10.5. The number of likely N-dealkylation sites (tertiary alicyclic amines) is 2. The van der Waals surface area contributed by atoms with Crippen molar-refractivity contribution in [3.8, 4) is 0 Å². The van der Waals surface area contributed by atoms with Crippen molar-refractivity contribution in [2.45, 2.75) is 25.7 Å². The molecule has 0 bridgehead atoms. The minimum Gasteiger partial charge on any atom is -0.360 e. The van der Waals surface area contributed by atoms with Gasteiger partial charge in [-0.05, 0) is 32.4 Å². The Balaban J connectivity index is 1.52. The molecule has 2 aliphatic heterocycles. The van der Waals surface area contributed by atoms with Crippen LogP contribution in [0.15, 0.2) is 0 Å². The van der Waals surface area contributed by atoms with Crippen molar-refractivity contribution < 1.29 is 9.53 Å². The summed E-state index contributed by atoms with van der Waals surface area (Å²) in [6.45, 7) is 5.57.